The van der Waals surface area contributed by atoms with Gasteiger partial charge in [-0.05, 0) is 74.6 Å². The van der Waals surface area contributed by atoms with Crippen molar-refractivity contribution in [2.45, 2.75) is 72.0 Å². The van der Waals surface area contributed by atoms with Gasteiger partial charge in [-0.3, -0.25) is 13.9 Å². The minimum absolute atomic E-state index is 0.0147. The van der Waals surface area contributed by atoms with Gasteiger partial charge in [0, 0.05) is 47.6 Å². The van der Waals surface area contributed by atoms with E-state index in [1.807, 2.05) is 76.2 Å². The molecule has 0 aliphatic heterocycles. The van der Waals surface area contributed by atoms with Crippen LogP contribution in [-0.4, -0.2) is 50.0 Å². The molecule has 0 saturated carbocycles. The molecule has 0 unspecified atom stereocenters. The number of anilines is 1. The van der Waals surface area contributed by atoms with Crippen LogP contribution >= 0.6 is 23.2 Å². The van der Waals surface area contributed by atoms with Crippen molar-refractivity contribution in [1.82, 2.24) is 10.2 Å². The maximum atomic E-state index is 14.0. The summed E-state index contributed by atoms with van der Waals surface area (Å²) in [6, 6.07) is 19.3. The average molecular weight is 647 g/mol. The third kappa shape index (κ3) is 9.98. The van der Waals surface area contributed by atoms with Crippen LogP contribution in [0.4, 0.5) is 5.69 Å². The molecule has 3 aromatic rings. The summed E-state index contributed by atoms with van der Waals surface area (Å²) < 4.78 is 26.8. The number of amides is 2. The van der Waals surface area contributed by atoms with Gasteiger partial charge in [-0.25, -0.2) is 8.42 Å². The monoisotopic (exact) mass is 645 g/mol. The molecule has 43 heavy (non-hydrogen) atoms. The molecule has 3 rings (SSSR count). The van der Waals surface area contributed by atoms with Crippen molar-refractivity contribution in [2.24, 2.45) is 0 Å². The molecule has 0 spiro atoms. The van der Waals surface area contributed by atoms with Gasteiger partial charge in [0.05, 0.1) is 11.9 Å². The number of sulfonamides is 1. The fraction of sp³-hybridized carbons (Fsp3) is 0.394. The first-order valence-electron chi connectivity index (χ1n) is 14.4. The summed E-state index contributed by atoms with van der Waals surface area (Å²) in [6.45, 7) is 7.85. The summed E-state index contributed by atoms with van der Waals surface area (Å²) in [5, 5.41) is 3.83. The molecule has 232 valence electrons. The van der Waals surface area contributed by atoms with Gasteiger partial charge in [-0.1, -0.05) is 72.6 Å². The van der Waals surface area contributed by atoms with Crippen molar-refractivity contribution in [2.75, 3.05) is 17.1 Å². The largest absolute Gasteiger partial charge is 0.352 e. The van der Waals surface area contributed by atoms with E-state index in [9.17, 15) is 18.0 Å². The highest BCUT2D eigenvalue weighted by molar-refractivity contribution is 7.92. The molecule has 0 fully saturated rings. The highest BCUT2D eigenvalue weighted by atomic mass is 35.5. The second kappa shape index (κ2) is 15.6. The van der Waals surface area contributed by atoms with Crippen LogP contribution in [0, 0.1) is 13.8 Å². The maximum Gasteiger partial charge on any atom is 0.243 e. The number of carbonyl (C=O) groups excluding carboxylic acids is 2. The Labute approximate surface area is 266 Å². The van der Waals surface area contributed by atoms with E-state index in [4.69, 9.17) is 23.2 Å². The topological polar surface area (TPSA) is 86.8 Å². The summed E-state index contributed by atoms with van der Waals surface area (Å²) >= 11 is 13.0. The first-order chi connectivity index (χ1) is 20.3. The van der Waals surface area contributed by atoms with Gasteiger partial charge in [0.2, 0.25) is 21.8 Å². The maximum absolute atomic E-state index is 14.0. The molecule has 0 aromatic heterocycles. The van der Waals surface area contributed by atoms with E-state index in [-0.39, 0.29) is 50.2 Å². The Hall–Kier alpha value is -3.07. The number of benzene rings is 3. The summed E-state index contributed by atoms with van der Waals surface area (Å²) in [6.07, 6.45) is 2.44. The Bertz CT molecular complexity index is 1480. The smallest absolute Gasteiger partial charge is 0.243 e. The molecular weight excluding hydrogens is 605 g/mol. The normalized spacial score (nSPS) is 12.8. The Balaban J connectivity index is 1.95. The molecule has 0 saturated heterocycles. The lowest BCUT2D eigenvalue weighted by Crippen LogP contribution is -2.52. The third-order valence-corrected chi connectivity index (χ3v) is 9.21. The van der Waals surface area contributed by atoms with Crippen LogP contribution in [0.3, 0.4) is 0 Å². The van der Waals surface area contributed by atoms with Crippen LogP contribution in [0.25, 0.3) is 0 Å². The fourth-order valence-corrected chi connectivity index (χ4v) is 6.41. The molecular formula is C33H41Cl2N3O4S. The summed E-state index contributed by atoms with van der Waals surface area (Å²) in [4.78, 5) is 29.3. The van der Waals surface area contributed by atoms with Crippen LogP contribution in [0.15, 0.2) is 66.7 Å². The van der Waals surface area contributed by atoms with Gasteiger partial charge in [-0.15, -0.1) is 0 Å². The number of carbonyl (C=O) groups is 2. The van der Waals surface area contributed by atoms with Gasteiger partial charge < -0.3 is 10.2 Å². The summed E-state index contributed by atoms with van der Waals surface area (Å²) in [5.74, 6) is -0.576. The Morgan fingerprint density at radius 2 is 1.53 bits per heavy atom. The van der Waals surface area contributed by atoms with E-state index in [0.717, 1.165) is 29.4 Å². The molecule has 1 N–H and O–H groups in total. The first-order valence-corrected chi connectivity index (χ1v) is 17.0. The second-order valence-corrected chi connectivity index (χ2v) is 13.8. The Kier molecular flexibility index (Phi) is 12.5. The zero-order valence-electron chi connectivity index (χ0n) is 25.4. The first kappa shape index (κ1) is 34.4. The molecule has 0 bridgehead atoms. The van der Waals surface area contributed by atoms with Crippen molar-refractivity contribution in [1.29, 1.82) is 0 Å². The minimum Gasteiger partial charge on any atom is -0.352 e. The summed E-state index contributed by atoms with van der Waals surface area (Å²) in [5.41, 5.74) is 3.88. The summed E-state index contributed by atoms with van der Waals surface area (Å²) in [7, 11) is -3.61. The van der Waals surface area contributed by atoms with E-state index < -0.39 is 16.1 Å². The highest BCUT2D eigenvalue weighted by Crippen LogP contribution is 2.28. The number of nitrogens with zero attached hydrogens (tertiary/aromatic N) is 2. The zero-order valence-corrected chi connectivity index (χ0v) is 27.8. The number of aryl methyl sites for hydroxylation is 2. The predicted octanol–water partition coefficient (Wildman–Crippen LogP) is 6.71. The quantitative estimate of drug-likeness (QED) is 0.211. The lowest BCUT2D eigenvalue weighted by molar-refractivity contribution is -0.141. The van der Waals surface area contributed by atoms with Crippen LogP contribution < -0.4 is 9.62 Å². The van der Waals surface area contributed by atoms with E-state index >= 15 is 0 Å². The molecule has 2 atom stereocenters. The average Bonchev–Trinajstić information content (AvgIpc) is 2.93. The molecule has 10 heteroatoms. The van der Waals surface area contributed by atoms with Crippen LogP contribution in [0.5, 0.6) is 0 Å². The Morgan fingerprint density at radius 1 is 0.930 bits per heavy atom. The van der Waals surface area contributed by atoms with Crippen molar-refractivity contribution in [3.05, 3.63) is 99.0 Å². The molecule has 0 heterocycles. The molecule has 3 aromatic carbocycles. The van der Waals surface area contributed by atoms with Gasteiger partial charge in [0.15, 0.2) is 0 Å². The Morgan fingerprint density at radius 3 is 2.09 bits per heavy atom. The second-order valence-electron chi connectivity index (χ2n) is 11.0. The van der Waals surface area contributed by atoms with Crippen LogP contribution in [0.1, 0.15) is 55.4 Å². The van der Waals surface area contributed by atoms with Crippen LogP contribution in [-0.2, 0) is 32.6 Å². The number of rotatable bonds is 14. The number of hydrogen-bond acceptors (Lipinski definition) is 4. The lowest BCUT2D eigenvalue weighted by atomic mass is 10.0. The standard InChI is InChI=1S/C33H41Cl2N3O4S/c1-6-25(4)36-33(40)31(21-26-12-8-7-9-13-26)37(22-28-29(34)14-10-15-30(28)35)32(39)16-11-17-38(43(5,41)42)27-19-23(2)18-24(3)20-27/h7-10,12-15,18-20,25,31H,6,11,16-17,21-22H2,1-5H3,(H,36,40)/t25-,31+/m0/s1. The predicted molar refractivity (Wildman–Crippen MR) is 176 cm³/mol. The van der Waals surface area contributed by atoms with E-state index in [0.29, 0.717) is 21.3 Å². The zero-order chi connectivity index (χ0) is 31.7. The molecule has 0 aliphatic rings. The molecule has 0 radical (unpaired) electrons. The van der Waals surface area contributed by atoms with Crippen molar-refractivity contribution >= 4 is 50.7 Å². The van der Waals surface area contributed by atoms with Crippen LogP contribution in [0.2, 0.25) is 10.0 Å². The highest BCUT2D eigenvalue weighted by Gasteiger charge is 2.32. The van der Waals surface area contributed by atoms with E-state index in [2.05, 4.69) is 5.32 Å². The van der Waals surface area contributed by atoms with Gasteiger partial charge in [0.1, 0.15) is 6.04 Å². The van der Waals surface area contributed by atoms with E-state index in [1.54, 1.807) is 18.2 Å². The SMILES string of the molecule is CC[C@H](C)NC(=O)[C@@H](Cc1ccccc1)N(Cc1c(Cl)cccc1Cl)C(=O)CCCN(c1cc(C)cc(C)c1)S(C)(=O)=O. The van der Waals surface area contributed by atoms with Crippen molar-refractivity contribution in [3.8, 4) is 0 Å². The van der Waals surface area contributed by atoms with Crippen molar-refractivity contribution < 1.29 is 18.0 Å². The number of halogens is 2. The molecule has 2 amide bonds. The molecule has 7 nitrogen and oxygen atoms in total. The molecule has 0 aliphatic carbocycles. The van der Waals surface area contributed by atoms with Crippen molar-refractivity contribution in [3.63, 3.8) is 0 Å². The minimum atomic E-state index is -3.61. The van der Waals surface area contributed by atoms with Gasteiger partial charge in [0.25, 0.3) is 0 Å². The lowest BCUT2D eigenvalue weighted by Gasteiger charge is -2.33. The number of hydrogen-bond donors (Lipinski definition) is 1. The third-order valence-electron chi connectivity index (χ3n) is 7.31. The van der Waals surface area contributed by atoms with E-state index in [1.165, 1.54) is 9.21 Å². The van der Waals surface area contributed by atoms with Gasteiger partial charge >= 0.3 is 0 Å². The number of nitrogens with one attached hydrogen (secondary N) is 1. The fourth-order valence-electron chi connectivity index (χ4n) is 4.95. The van der Waals surface area contributed by atoms with Gasteiger partial charge in [-0.2, -0.15) is 0 Å².